The summed E-state index contributed by atoms with van der Waals surface area (Å²) in [4.78, 5) is 37.6. The summed E-state index contributed by atoms with van der Waals surface area (Å²) in [6, 6.07) is 7.65. The van der Waals surface area contributed by atoms with E-state index < -0.39 is 18.0 Å². The van der Waals surface area contributed by atoms with Crippen LogP contribution in [0.5, 0.6) is 5.75 Å². The molecule has 0 unspecified atom stereocenters. The highest BCUT2D eigenvalue weighted by Crippen LogP contribution is 2.40. The summed E-state index contributed by atoms with van der Waals surface area (Å²) in [5.74, 6) is -0.429. The lowest BCUT2D eigenvalue weighted by Crippen LogP contribution is -2.41. The number of rotatable bonds is 9. The number of nitrogens with one attached hydrogen (secondary N) is 2. The lowest BCUT2D eigenvalue weighted by atomic mass is 9.98. The van der Waals surface area contributed by atoms with Gasteiger partial charge in [-0.25, -0.2) is 0 Å². The van der Waals surface area contributed by atoms with Crippen LogP contribution in [-0.4, -0.2) is 42.0 Å². The number of benzene rings is 1. The summed E-state index contributed by atoms with van der Waals surface area (Å²) in [5, 5.41) is 15.9. The van der Waals surface area contributed by atoms with Crippen LogP contribution in [0.1, 0.15) is 48.6 Å². The molecular formula is C23H27N5O4. The van der Waals surface area contributed by atoms with E-state index in [4.69, 9.17) is 10.5 Å². The van der Waals surface area contributed by atoms with Crippen molar-refractivity contribution in [2.75, 3.05) is 13.7 Å². The molecule has 1 aliphatic heterocycles. The number of hydrogen-bond donors (Lipinski definition) is 3. The molecule has 2 aliphatic rings. The monoisotopic (exact) mass is 437 g/mol. The molecule has 0 radical (unpaired) electrons. The Morgan fingerprint density at radius 1 is 1.34 bits per heavy atom. The van der Waals surface area contributed by atoms with Crippen molar-refractivity contribution >= 4 is 28.6 Å². The first-order valence-corrected chi connectivity index (χ1v) is 10.9. The Morgan fingerprint density at radius 3 is 2.72 bits per heavy atom. The van der Waals surface area contributed by atoms with E-state index in [1.807, 2.05) is 6.07 Å². The molecule has 9 heteroatoms. The lowest BCUT2D eigenvalue weighted by molar-refractivity contribution is -0.126. The number of nitrogens with two attached hydrogens (primary N) is 1. The Kier molecular flexibility index (Phi) is 6.04. The van der Waals surface area contributed by atoms with Crippen molar-refractivity contribution in [3.05, 3.63) is 30.0 Å². The number of ether oxygens (including phenoxy) is 1. The fourth-order valence-electron chi connectivity index (χ4n) is 4.49. The normalized spacial score (nSPS) is 19.8. The number of nitrogens with zero attached hydrogens (tertiary/aromatic N) is 2. The molecule has 1 saturated heterocycles. The van der Waals surface area contributed by atoms with Crippen molar-refractivity contribution in [3.63, 3.8) is 0 Å². The van der Waals surface area contributed by atoms with Gasteiger partial charge in [0.15, 0.2) is 0 Å². The number of nitriles is 1. The Bertz CT molecular complexity index is 1100. The van der Waals surface area contributed by atoms with Crippen LogP contribution in [-0.2, 0) is 9.59 Å². The second kappa shape index (κ2) is 8.91. The van der Waals surface area contributed by atoms with Gasteiger partial charge in [-0.2, -0.15) is 5.26 Å². The average Bonchev–Trinajstić information content (AvgIpc) is 3.39. The van der Waals surface area contributed by atoms with Crippen molar-refractivity contribution in [1.82, 2.24) is 15.2 Å². The molecular weight excluding hydrogens is 410 g/mol. The number of carbonyl (C=O) groups excluding carboxylic acids is 3. The smallest absolute Gasteiger partial charge is 0.265 e. The number of amides is 3. The van der Waals surface area contributed by atoms with E-state index in [9.17, 15) is 19.6 Å². The van der Waals surface area contributed by atoms with Crippen LogP contribution in [0.2, 0.25) is 0 Å². The number of hydrogen-bond acceptors (Lipinski definition) is 5. The SMILES string of the molecule is COc1cccc2c1cc(C(N)=O)n2[C@@H](CC1CC1)C(=O)N[C@H](C#N)C[C@@H]1CCNC1=O. The van der Waals surface area contributed by atoms with Crippen molar-refractivity contribution < 1.29 is 19.1 Å². The first-order chi connectivity index (χ1) is 15.4. The van der Waals surface area contributed by atoms with E-state index >= 15 is 0 Å². The Hall–Kier alpha value is -3.54. The average molecular weight is 438 g/mol. The zero-order chi connectivity index (χ0) is 22.8. The van der Waals surface area contributed by atoms with Gasteiger partial charge in [0.05, 0.1) is 18.7 Å². The lowest BCUT2D eigenvalue weighted by Gasteiger charge is -2.24. The predicted molar refractivity (Wildman–Crippen MR) is 117 cm³/mol. The van der Waals surface area contributed by atoms with Gasteiger partial charge in [-0.15, -0.1) is 0 Å². The summed E-state index contributed by atoms with van der Waals surface area (Å²) < 4.78 is 7.10. The molecule has 0 bridgehead atoms. The van der Waals surface area contributed by atoms with Gasteiger partial charge in [0, 0.05) is 17.8 Å². The molecule has 1 saturated carbocycles. The zero-order valence-electron chi connectivity index (χ0n) is 18.0. The van der Waals surface area contributed by atoms with Crippen molar-refractivity contribution in [1.29, 1.82) is 5.26 Å². The highest BCUT2D eigenvalue weighted by molar-refractivity contribution is 6.01. The van der Waals surface area contributed by atoms with Gasteiger partial charge in [-0.1, -0.05) is 18.9 Å². The second-order valence-electron chi connectivity index (χ2n) is 8.55. The summed E-state index contributed by atoms with van der Waals surface area (Å²) in [7, 11) is 1.54. The van der Waals surface area contributed by atoms with E-state index in [1.54, 1.807) is 29.9 Å². The number of methoxy groups -OCH3 is 1. The van der Waals surface area contributed by atoms with Crippen molar-refractivity contribution in [2.24, 2.45) is 17.6 Å². The van der Waals surface area contributed by atoms with Crippen LogP contribution < -0.4 is 21.1 Å². The van der Waals surface area contributed by atoms with Gasteiger partial charge in [-0.05, 0) is 43.4 Å². The minimum atomic E-state index is -0.800. The van der Waals surface area contributed by atoms with E-state index in [1.165, 1.54) is 0 Å². The molecule has 168 valence electrons. The van der Waals surface area contributed by atoms with Crippen molar-refractivity contribution in [3.8, 4) is 11.8 Å². The van der Waals surface area contributed by atoms with Crippen LogP contribution in [0.4, 0.5) is 0 Å². The van der Waals surface area contributed by atoms with Crippen LogP contribution in [0, 0.1) is 23.2 Å². The maximum Gasteiger partial charge on any atom is 0.265 e. The quantitative estimate of drug-likeness (QED) is 0.547. The largest absolute Gasteiger partial charge is 0.496 e. The van der Waals surface area contributed by atoms with Gasteiger partial charge >= 0.3 is 0 Å². The molecule has 9 nitrogen and oxygen atoms in total. The Balaban J connectivity index is 1.67. The minimum Gasteiger partial charge on any atom is -0.496 e. The van der Waals surface area contributed by atoms with Gasteiger partial charge < -0.3 is 25.7 Å². The van der Waals surface area contributed by atoms with Crippen molar-refractivity contribution in [2.45, 2.75) is 44.2 Å². The van der Waals surface area contributed by atoms with E-state index in [0.29, 0.717) is 42.0 Å². The summed E-state index contributed by atoms with van der Waals surface area (Å²) in [6.45, 7) is 0.582. The second-order valence-corrected chi connectivity index (χ2v) is 8.55. The molecule has 0 spiro atoms. The molecule has 32 heavy (non-hydrogen) atoms. The number of aromatic nitrogens is 1. The van der Waals surface area contributed by atoms with E-state index in [0.717, 1.165) is 12.8 Å². The minimum absolute atomic E-state index is 0.0893. The number of fused-ring (bicyclic) bond motifs is 1. The highest BCUT2D eigenvalue weighted by atomic mass is 16.5. The highest BCUT2D eigenvalue weighted by Gasteiger charge is 2.35. The fourth-order valence-corrected chi connectivity index (χ4v) is 4.49. The molecule has 3 amide bonds. The Morgan fingerprint density at radius 2 is 2.12 bits per heavy atom. The molecule has 2 fully saturated rings. The number of primary amides is 1. The molecule has 1 aromatic heterocycles. The van der Waals surface area contributed by atoms with Crippen LogP contribution in [0.25, 0.3) is 10.9 Å². The van der Waals surface area contributed by atoms with Gasteiger partial charge in [0.2, 0.25) is 11.8 Å². The first-order valence-electron chi connectivity index (χ1n) is 10.9. The Labute approximate surface area is 185 Å². The summed E-state index contributed by atoms with van der Waals surface area (Å²) in [6.07, 6.45) is 3.47. The zero-order valence-corrected chi connectivity index (χ0v) is 18.0. The molecule has 3 atom stereocenters. The molecule has 2 heterocycles. The third kappa shape index (κ3) is 4.26. The first kappa shape index (κ1) is 21.7. The third-order valence-corrected chi connectivity index (χ3v) is 6.34. The van der Waals surface area contributed by atoms with E-state index in [2.05, 4.69) is 16.7 Å². The topological polar surface area (TPSA) is 139 Å². The third-order valence-electron chi connectivity index (χ3n) is 6.34. The van der Waals surface area contributed by atoms with Crippen LogP contribution >= 0.6 is 0 Å². The maximum atomic E-state index is 13.4. The van der Waals surface area contributed by atoms with Gasteiger partial charge in [0.1, 0.15) is 23.5 Å². The molecule has 1 aliphatic carbocycles. The molecule has 4 rings (SSSR count). The van der Waals surface area contributed by atoms with Crippen LogP contribution in [0.15, 0.2) is 24.3 Å². The van der Waals surface area contributed by atoms with Gasteiger partial charge in [-0.3, -0.25) is 14.4 Å². The van der Waals surface area contributed by atoms with E-state index in [-0.39, 0.29) is 29.8 Å². The molecule has 1 aromatic carbocycles. The maximum absolute atomic E-state index is 13.4. The van der Waals surface area contributed by atoms with Gasteiger partial charge in [0.25, 0.3) is 5.91 Å². The summed E-state index contributed by atoms with van der Waals surface area (Å²) >= 11 is 0. The molecule has 4 N–H and O–H groups in total. The molecule has 2 aromatic rings. The predicted octanol–water partition coefficient (Wildman–Crippen LogP) is 1.62. The number of carbonyl (C=O) groups is 3. The fraction of sp³-hybridized carbons (Fsp3) is 0.478. The summed E-state index contributed by atoms with van der Waals surface area (Å²) in [5.41, 5.74) is 6.56. The standard InChI is InChI=1S/C23H27N5O4/c1-32-20-4-2-3-17-16(20)11-18(21(25)29)28(17)19(9-13-5-6-13)23(31)27-15(12-24)10-14-7-8-26-22(14)30/h2-4,11,13-15,19H,5-10H2,1H3,(H2,25,29)(H,26,30)(H,27,31)/t14-,15-,19-/m0/s1. The van der Waals surface area contributed by atoms with Crippen LogP contribution in [0.3, 0.4) is 0 Å².